The average molecular weight is 418 g/mol. The molecular weight excluding hydrogens is 405 g/mol. The van der Waals surface area contributed by atoms with Crippen LogP contribution in [0.5, 0.6) is 0 Å². The van der Waals surface area contributed by atoms with Crippen molar-refractivity contribution in [1.29, 1.82) is 0 Å². The van der Waals surface area contributed by atoms with E-state index < -0.39 is 46.3 Å². The van der Waals surface area contributed by atoms with Gasteiger partial charge >= 0.3 is 12.1 Å². The molecule has 0 atom stereocenters. The van der Waals surface area contributed by atoms with Crippen molar-refractivity contribution in [3.63, 3.8) is 0 Å². The van der Waals surface area contributed by atoms with E-state index in [-0.39, 0.29) is 17.3 Å². The summed E-state index contributed by atoms with van der Waals surface area (Å²) >= 11 is 0. The fourth-order valence-corrected chi connectivity index (χ4v) is 2.21. The Bertz CT molecular complexity index is 977. The zero-order valence-electron chi connectivity index (χ0n) is 14.4. The van der Waals surface area contributed by atoms with Crippen molar-refractivity contribution in [3.8, 4) is 0 Å². The molecule has 0 spiro atoms. The second-order valence-electron chi connectivity index (χ2n) is 5.85. The molecule has 0 radical (unpaired) electrons. The molecule has 0 aromatic heterocycles. The lowest BCUT2D eigenvalue weighted by Crippen LogP contribution is -2.35. The number of carbonyl (C=O) groups is 1. The van der Waals surface area contributed by atoms with Crippen molar-refractivity contribution >= 4 is 11.5 Å². The SMILES string of the molecule is N/C(=C\C=C(/N)C(F)(F)C(=O)c1ccc(F)cc1F)c1ccc(C(F)(F)F)cc1. The number of carbonyl (C=O) groups excluding carboxylic acids is 1. The Hall–Kier alpha value is -3.30. The second kappa shape index (κ2) is 7.98. The van der Waals surface area contributed by atoms with E-state index in [9.17, 15) is 35.5 Å². The highest BCUT2D eigenvalue weighted by atomic mass is 19.4. The van der Waals surface area contributed by atoms with E-state index in [1.807, 2.05) is 0 Å². The molecule has 0 fully saturated rings. The fourth-order valence-electron chi connectivity index (χ4n) is 2.21. The van der Waals surface area contributed by atoms with Gasteiger partial charge in [-0.3, -0.25) is 4.79 Å². The normalized spacial score (nSPS) is 13.5. The summed E-state index contributed by atoms with van der Waals surface area (Å²) < 4.78 is 92.5. The van der Waals surface area contributed by atoms with Gasteiger partial charge in [-0.1, -0.05) is 12.1 Å². The Kier molecular flexibility index (Phi) is 6.05. The molecular formula is C19H13F7N2O. The minimum Gasteiger partial charge on any atom is -0.398 e. The van der Waals surface area contributed by atoms with E-state index in [2.05, 4.69) is 0 Å². The van der Waals surface area contributed by atoms with Crippen LogP contribution in [-0.2, 0) is 6.18 Å². The van der Waals surface area contributed by atoms with Crippen LogP contribution in [0.15, 0.2) is 60.3 Å². The van der Waals surface area contributed by atoms with Crippen molar-refractivity contribution < 1.29 is 35.5 Å². The number of hydrogen-bond acceptors (Lipinski definition) is 3. The van der Waals surface area contributed by atoms with Gasteiger partial charge in [0, 0.05) is 11.8 Å². The lowest BCUT2D eigenvalue weighted by atomic mass is 10.0. The fraction of sp³-hybridized carbons (Fsp3) is 0.105. The number of halogens is 7. The summed E-state index contributed by atoms with van der Waals surface area (Å²) in [5.74, 6) is -8.87. The van der Waals surface area contributed by atoms with Crippen LogP contribution in [0.1, 0.15) is 21.5 Å². The van der Waals surface area contributed by atoms with Gasteiger partial charge in [-0.2, -0.15) is 22.0 Å². The molecule has 0 amide bonds. The first-order chi connectivity index (χ1) is 13.3. The van der Waals surface area contributed by atoms with Gasteiger partial charge < -0.3 is 11.5 Å². The van der Waals surface area contributed by atoms with Crippen molar-refractivity contribution in [1.82, 2.24) is 0 Å². The Morgan fingerprint density at radius 1 is 0.862 bits per heavy atom. The number of nitrogens with two attached hydrogens (primary N) is 2. The van der Waals surface area contributed by atoms with Crippen molar-refractivity contribution in [2.24, 2.45) is 11.5 Å². The first kappa shape index (κ1) is 22.0. The molecule has 0 bridgehead atoms. The second-order valence-corrected chi connectivity index (χ2v) is 5.85. The highest BCUT2D eigenvalue weighted by Crippen LogP contribution is 2.30. The van der Waals surface area contributed by atoms with Gasteiger partial charge in [-0.25, -0.2) is 8.78 Å². The number of ketones is 1. The zero-order chi connectivity index (χ0) is 22.0. The van der Waals surface area contributed by atoms with Crippen LogP contribution >= 0.6 is 0 Å². The summed E-state index contributed by atoms with van der Waals surface area (Å²) in [6, 6.07) is 5.00. The lowest BCUT2D eigenvalue weighted by molar-refractivity contribution is -0.137. The smallest absolute Gasteiger partial charge is 0.398 e. The average Bonchev–Trinajstić information content (AvgIpc) is 2.64. The maximum absolute atomic E-state index is 14.2. The van der Waals surface area contributed by atoms with Gasteiger partial charge in [-0.15, -0.1) is 0 Å². The van der Waals surface area contributed by atoms with E-state index in [1.54, 1.807) is 0 Å². The molecule has 2 rings (SSSR count). The topological polar surface area (TPSA) is 69.1 Å². The third-order valence-corrected chi connectivity index (χ3v) is 3.81. The highest BCUT2D eigenvalue weighted by Gasteiger charge is 2.43. The molecule has 0 aliphatic heterocycles. The molecule has 4 N–H and O–H groups in total. The van der Waals surface area contributed by atoms with Gasteiger partial charge in [0.2, 0.25) is 5.78 Å². The van der Waals surface area contributed by atoms with Crippen LogP contribution in [0.4, 0.5) is 30.7 Å². The third kappa shape index (κ3) is 4.95. The molecule has 29 heavy (non-hydrogen) atoms. The predicted molar refractivity (Wildman–Crippen MR) is 91.5 cm³/mol. The van der Waals surface area contributed by atoms with E-state index in [0.717, 1.165) is 30.3 Å². The number of hydrogen-bond donors (Lipinski definition) is 2. The standard InChI is InChI=1S/C19H13F7N2O/c20-12-5-6-13(14(21)9-12)17(29)18(22,23)16(28)8-7-15(27)10-1-3-11(4-2-10)19(24,25)26/h1-9H,27-28H2/b15-7-,16-8-. The molecule has 3 nitrogen and oxygen atoms in total. The van der Waals surface area contributed by atoms with Crippen LogP contribution < -0.4 is 11.5 Å². The molecule has 0 aliphatic rings. The van der Waals surface area contributed by atoms with E-state index >= 15 is 0 Å². The first-order valence-electron chi connectivity index (χ1n) is 7.82. The highest BCUT2D eigenvalue weighted by molar-refractivity contribution is 6.03. The first-order valence-corrected chi connectivity index (χ1v) is 7.82. The largest absolute Gasteiger partial charge is 0.416 e. The Labute approximate surface area is 160 Å². The van der Waals surface area contributed by atoms with Crippen molar-refractivity contribution in [3.05, 3.63) is 88.6 Å². The van der Waals surface area contributed by atoms with Gasteiger partial charge in [0.15, 0.2) is 0 Å². The molecule has 0 unspecified atom stereocenters. The summed E-state index contributed by atoms with van der Waals surface area (Å²) in [6.45, 7) is 0. The van der Waals surface area contributed by atoms with Crippen LogP contribution in [0.2, 0.25) is 0 Å². The van der Waals surface area contributed by atoms with Crippen LogP contribution in [-0.4, -0.2) is 11.7 Å². The summed E-state index contributed by atoms with van der Waals surface area (Å²) in [7, 11) is 0. The summed E-state index contributed by atoms with van der Waals surface area (Å²) in [4.78, 5) is 11.9. The lowest BCUT2D eigenvalue weighted by Gasteiger charge is -2.15. The monoisotopic (exact) mass is 418 g/mol. The molecule has 0 aliphatic carbocycles. The molecule has 2 aromatic carbocycles. The zero-order valence-corrected chi connectivity index (χ0v) is 14.4. The molecule has 0 saturated carbocycles. The predicted octanol–water partition coefficient (Wildman–Crippen LogP) is 4.64. The summed E-state index contributed by atoms with van der Waals surface area (Å²) in [5, 5.41) is 0. The van der Waals surface area contributed by atoms with Gasteiger partial charge in [0.1, 0.15) is 11.6 Å². The minimum absolute atomic E-state index is 0.0845. The number of rotatable bonds is 5. The number of benzene rings is 2. The Morgan fingerprint density at radius 2 is 1.45 bits per heavy atom. The van der Waals surface area contributed by atoms with E-state index in [4.69, 9.17) is 11.5 Å². The van der Waals surface area contributed by atoms with Crippen LogP contribution in [0, 0.1) is 11.6 Å². The quantitative estimate of drug-likeness (QED) is 0.422. The maximum atomic E-state index is 14.2. The molecule has 0 saturated heterocycles. The molecule has 154 valence electrons. The number of alkyl halides is 5. The van der Waals surface area contributed by atoms with Crippen molar-refractivity contribution in [2.75, 3.05) is 0 Å². The number of Topliss-reactive ketones (excluding diaryl/α,β-unsaturated/α-hetero) is 1. The Morgan fingerprint density at radius 3 is 1.97 bits per heavy atom. The molecule has 0 heterocycles. The summed E-state index contributed by atoms with van der Waals surface area (Å²) in [5.41, 5.74) is 7.44. The van der Waals surface area contributed by atoms with Gasteiger partial charge in [0.05, 0.1) is 16.8 Å². The minimum atomic E-state index is -4.56. The van der Waals surface area contributed by atoms with Gasteiger partial charge in [-0.05, 0) is 42.0 Å². The van der Waals surface area contributed by atoms with Gasteiger partial charge in [0.25, 0.3) is 0 Å². The summed E-state index contributed by atoms with van der Waals surface area (Å²) in [6.07, 6.45) is -3.12. The molecule has 2 aromatic rings. The van der Waals surface area contributed by atoms with Crippen LogP contribution in [0.3, 0.4) is 0 Å². The van der Waals surface area contributed by atoms with Crippen LogP contribution in [0.25, 0.3) is 5.70 Å². The van der Waals surface area contributed by atoms with E-state index in [1.165, 1.54) is 0 Å². The third-order valence-electron chi connectivity index (χ3n) is 3.81. The van der Waals surface area contributed by atoms with E-state index in [0.29, 0.717) is 18.2 Å². The maximum Gasteiger partial charge on any atom is 0.416 e. The molecule has 10 heteroatoms. The van der Waals surface area contributed by atoms with Crippen molar-refractivity contribution in [2.45, 2.75) is 12.1 Å². The number of allylic oxidation sites excluding steroid dienone is 3. The Balaban J connectivity index is 2.27.